The SMILES string of the molecule is C=N/C(CC)=C(\OCC)C(=O)O. The van der Waals surface area contributed by atoms with E-state index in [1.807, 2.05) is 0 Å². The minimum atomic E-state index is -1.10. The van der Waals surface area contributed by atoms with E-state index in [0.717, 1.165) is 0 Å². The normalized spacial score (nSPS) is 11.8. The highest BCUT2D eigenvalue weighted by Crippen LogP contribution is 2.11. The Balaban J connectivity index is 4.75. The molecule has 0 aromatic carbocycles. The van der Waals surface area contributed by atoms with Crippen molar-refractivity contribution in [3.8, 4) is 0 Å². The molecular weight excluding hydrogens is 158 g/mol. The number of carboxylic acids is 1. The third kappa shape index (κ3) is 2.74. The summed E-state index contributed by atoms with van der Waals surface area (Å²) in [6.45, 7) is 7.11. The Labute approximate surface area is 71.6 Å². The lowest BCUT2D eigenvalue weighted by Gasteiger charge is -2.06. The monoisotopic (exact) mass is 171 g/mol. The first-order chi connectivity index (χ1) is 5.67. The number of carbonyl (C=O) groups is 1. The number of rotatable bonds is 5. The maximum atomic E-state index is 10.6. The molecule has 0 aliphatic heterocycles. The van der Waals surface area contributed by atoms with Gasteiger partial charge in [-0.3, -0.25) is 4.99 Å². The van der Waals surface area contributed by atoms with E-state index in [4.69, 9.17) is 9.84 Å². The second kappa shape index (κ2) is 5.35. The Kier molecular flexibility index (Phi) is 4.76. The highest BCUT2D eigenvalue weighted by atomic mass is 16.5. The Morgan fingerprint density at radius 2 is 2.17 bits per heavy atom. The summed E-state index contributed by atoms with van der Waals surface area (Å²) in [5.74, 6) is -1.20. The second-order valence-corrected chi connectivity index (χ2v) is 2.03. The number of aliphatic carboxylic acids is 1. The number of nitrogens with zero attached hydrogens (tertiary/aromatic N) is 1. The van der Waals surface area contributed by atoms with Crippen LogP contribution in [-0.2, 0) is 9.53 Å². The Bertz CT molecular complexity index is 208. The summed E-state index contributed by atoms with van der Waals surface area (Å²) < 4.78 is 4.89. The van der Waals surface area contributed by atoms with Crippen LogP contribution < -0.4 is 0 Å². The molecule has 4 nitrogen and oxygen atoms in total. The molecule has 0 amide bonds. The first-order valence-corrected chi connectivity index (χ1v) is 3.73. The van der Waals surface area contributed by atoms with E-state index in [9.17, 15) is 4.79 Å². The van der Waals surface area contributed by atoms with Crippen molar-refractivity contribution in [3.63, 3.8) is 0 Å². The molecule has 0 spiro atoms. The summed E-state index contributed by atoms with van der Waals surface area (Å²) in [6.07, 6.45) is 0.505. The zero-order chi connectivity index (χ0) is 9.56. The molecule has 0 rings (SSSR count). The summed E-state index contributed by atoms with van der Waals surface area (Å²) >= 11 is 0. The van der Waals surface area contributed by atoms with Gasteiger partial charge in [0.1, 0.15) is 0 Å². The number of ether oxygens (including phenoxy) is 1. The lowest BCUT2D eigenvalue weighted by molar-refractivity contribution is -0.136. The number of aliphatic imine (C=N–C) groups is 1. The average molecular weight is 171 g/mol. The van der Waals surface area contributed by atoms with Crippen LogP contribution in [0.1, 0.15) is 20.3 Å². The van der Waals surface area contributed by atoms with Crippen molar-refractivity contribution in [1.82, 2.24) is 0 Å². The predicted molar refractivity (Wildman–Crippen MR) is 46.1 cm³/mol. The number of hydrogen-bond donors (Lipinski definition) is 1. The summed E-state index contributed by atoms with van der Waals surface area (Å²) in [7, 11) is 0. The fourth-order valence-electron chi connectivity index (χ4n) is 0.757. The highest BCUT2D eigenvalue weighted by molar-refractivity contribution is 5.85. The van der Waals surface area contributed by atoms with Crippen molar-refractivity contribution in [2.24, 2.45) is 4.99 Å². The molecule has 0 fully saturated rings. The maximum Gasteiger partial charge on any atom is 0.373 e. The first kappa shape index (κ1) is 10.7. The van der Waals surface area contributed by atoms with Crippen molar-refractivity contribution in [1.29, 1.82) is 0 Å². The van der Waals surface area contributed by atoms with Crippen LogP contribution in [0.2, 0.25) is 0 Å². The lowest BCUT2D eigenvalue weighted by atomic mass is 10.3. The van der Waals surface area contributed by atoms with Crippen LogP contribution in [-0.4, -0.2) is 24.4 Å². The average Bonchev–Trinajstić information content (AvgIpc) is 2.05. The van der Waals surface area contributed by atoms with Crippen molar-refractivity contribution < 1.29 is 14.6 Å². The van der Waals surface area contributed by atoms with Gasteiger partial charge in [-0.1, -0.05) is 6.92 Å². The number of hydrogen-bond acceptors (Lipinski definition) is 3. The van der Waals surface area contributed by atoms with Crippen LogP contribution >= 0.6 is 0 Å². The lowest BCUT2D eigenvalue weighted by Crippen LogP contribution is -2.07. The molecule has 0 saturated carbocycles. The van der Waals surface area contributed by atoms with E-state index in [2.05, 4.69) is 11.7 Å². The van der Waals surface area contributed by atoms with E-state index in [1.165, 1.54) is 0 Å². The number of allylic oxidation sites excluding steroid dienone is 1. The van der Waals surface area contributed by atoms with Gasteiger partial charge in [-0.25, -0.2) is 4.79 Å². The molecule has 12 heavy (non-hydrogen) atoms. The van der Waals surface area contributed by atoms with Gasteiger partial charge in [0.15, 0.2) is 0 Å². The molecule has 4 heteroatoms. The van der Waals surface area contributed by atoms with E-state index < -0.39 is 5.97 Å². The van der Waals surface area contributed by atoms with E-state index in [1.54, 1.807) is 13.8 Å². The van der Waals surface area contributed by atoms with Gasteiger partial charge in [-0.2, -0.15) is 0 Å². The minimum absolute atomic E-state index is 0.102. The van der Waals surface area contributed by atoms with Crippen molar-refractivity contribution in [2.45, 2.75) is 20.3 Å². The second-order valence-electron chi connectivity index (χ2n) is 2.03. The molecule has 0 unspecified atom stereocenters. The fourth-order valence-corrected chi connectivity index (χ4v) is 0.757. The molecule has 0 saturated heterocycles. The molecule has 0 atom stereocenters. The fraction of sp³-hybridized carbons (Fsp3) is 0.500. The summed E-state index contributed by atoms with van der Waals surface area (Å²) in [5, 5.41) is 8.67. The molecule has 0 bridgehead atoms. The molecule has 0 aliphatic rings. The van der Waals surface area contributed by atoms with Crippen LogP contribution in [0.3, 0.4) is 0 Å². The van der Waals surface area contributed by atoms with Crippen LogP contribution in [0.15, 0.2) is 16.4 Å². The van der Waals surface area contributed by atoms with Crippen molar-refractivity contribution in [2.75, 3.05) is 6.61 Å². The van der Waals surface area contributed by atoms with Crippen LogP contribution in [0.25, 0.3) is 0 Å². The topological polar surface area (TPSA) is 58.9 Å². The third-order valence-corrected chi connectivity index (χ3v) is 1.27. The molecule has 0 aromatic rings. The van der Waals surface area contributed by atoms with Gasteiger partial charge in [0.2, 0.25) is 5.76 Å². The highest BCUT2D eigenvalue weighted by Gasteiger charge is 2.13. The molecular formula is C8H13NO3. The number of carboxylic acid groups (broad SMARTS) is 1. The molecule has 0 radical (unpaired) electrons. The minimum Gasteiger partial charge on any atom is -0.486 e. The van der Waals surface area contributed by atoms with Crippen LogP contribution in [0, 0.1) is 0 Å². The van der Waals surface area contributed by atoms with Crippen molar-refractivity contribution in [3.05, 3.63) is 11.5 Å². The van der Waals surface area contributed by atoms with Gasteiger partial charge in [0, 0.05) is 0 Å². The largest absolute Gasteiger partial charge is 0.486 e. The molecule has 0 heterocycles. The first-order valence-electron chi connectivity index (χ1n) is 3.73. The molecule has 68 valence electrons. The summed E-state index contributed by atoms with van der Waals surface area (Å²) in [4.78, 5) is 14.1. The van der Waals surface area contributed by atoms with Crippen LogP contribution in [0.5, 0.6) is 0 Å². The molecule has 1 N–H and O–H groups in total. The van der Waals surface area contributed by atoms with Crippen LogP contribution in [0.4, 0.5) is 0 Å². The van der Waals surface area contributed by atoms with E-state index in [0.29, 0.717) is 18.7 Å². The smallest absolute Gasteiger partial charge is 0.373 e. The Morgan fingerprint density at radius 3 is 2.42 bits per heavy atom. The van der Waals surface area contributed by atoms with E-state index in [-0.39, 0.29) is 5.76 Å². The summed E-state index contributed by atoms with van der Waals surface area (Å²) in [5.41, 5.74) is 0.379. The predicted octanol–water partition coefficient (Wildman–Crippen LogP) is 1.43. The van der Waals surface area contributed by atoms with Gasteiger partial charge in [-0.05, 0) is 20.1 Å². The zero-order valence-corrected chi connectivity index (χ0v) is 7.33. The van der Waals surface area contributed by atoms with Gasteiger partial charge in [0.25, 0.3) is 0 Å². The Hall–Kier alpha value is -1.32. The molecule has 0 aliphatic carbocycles. The van der Waals surface area contributed by atoms with Gasteiger partial charge in [0.05, 0.1) is 12.3 Å². The van der Waals surface area contributed by atoms with Gasteiger partial charge < -0.3 is 9.84 Å². The summed E-state index contributed by atoms with van der Waals surface area (Å²) in [6, 6.07) is 0. The Morgan fingerprint density at radius 1 is 1.58 bits per heavy atom. The quantitative estimate of drug-likeness (QED) is 0.386. The third-order valence-electron chi connectivity index (χ3n) is 1.27. The van der Waals surface area contributed by atoms with E-state index >= 15 is 0 Å². The zero-order valence-electron chi connectivity index (χ0n) is 7.33. The standard InChI is InChI=1S/C8H13NO3/c1-4-6(9-3)7(8(10)11)12-5-2/h3-5H2,1-2H3,(H,10,11)/b7-6-. The maximum absolute atomic E-state index is 10.6. The molecule has 0 aromatic heterocycles. The van der Waals surface area contributed by atoms with Crippen molar-refractivity contribution >= 4 is 12.7 Å². The van der Waals surface area contributed by atoms with Gasteiger partial charge >= 0.3 is 5.97 Å². The van der Waals surface area contributed by atoms with Gasteiger partial charge in [-0.15, -0.1) is 0 Å².